The minimum atomic E-state index is -0.174. The highest BCUT2D eigenvalue weighted by Crippen LogP contribution is 2.12. The average Bonchev–Trinajstić information content (AvgIpc) is 2.09. The van der Waals surface area contributed by atoms with Crippen LogP contribution in [0.2, 0.25) is 0 Å². The number of hydrogen-bond donors (Lipinski definition) is 0. The summed E-state index contributed by atoms with van der Waals surface area (Å²) in [4.78, 5) is 11.0. The lowest BCUT2D eigenvalue weighted by molar-refractivity contribution is -0.114. The van der Waals surface area contributed by atoms with Gasteiger partial charge in [0, 0.05) is 6.08 Å². The molecule has 0 aromatic carbocycles. The fourth-order valence-corrected chi connectivity index (χ4v) is 0.848. The lowest BCUT2D eigenvalue weighted by Gasteiger charge is -2.05. The number of nitrogens with zero attached hydrogens (tertiary/aromatic N) is 1. The Kier molecular flexibility index (Phi) is 2.44. The molecule has 0 radical (unpaired) electrons. The zero-order valence-electron chi connectivity index (χ0n) is 6.57. The molecule has 3 nitrogen and oxygen atoms in total. The average molecular weight is 161 g/mol. The highest BCUT2D eigenvalue weighted by molar-refractivity contribution is 6.04. The second kappa shape index (κ2) is 3.54. The van der Waals surface area contributed by atoms with Crippen molar-refractivity contribution in [1.29, 1.82) is 5.26 Å². The summed E-state index contributed by atoms with van der Waals surface area (Å²) < 4.78 is 4.79. The Morgan fingerprint density at radius 1 is 1.58 bits per heavy atom. The van der Waals surface area contributed by atoms with Crippen LogP contribution in [0.25, 0.3) is 0 Å². The first-order valence-electron chi connectivity index (χ1n) is 3.36. The highest BCUT2D eigenvalue weighted by Gasteiger charge is 2.10. The molecular weight excluding hydrogens is 154 g/mol. The van der Waals surface area contributed by atoms with Gasteiger partial charge in [0.05, 0.1) is 13.2 Å². The molecule has 1 aliphatic carbocycles. The van der Waals surface area contributed by atoms with E-state index in [-0.39, 0.29) is 11.5 Å². The molecule has 0 N–H and O–H groups in total. The molecule has 1 rings (SSSR count). The van der Waals surface area contributed by atoms with Crippen molar-refractivity contribution in [2.24, 2.45) is 0 Å². The third-order valence-electron chi connectivity index (χ3n) is 1.42. The largest absolute Gasteiger partial charge is 0.493 e. The number of allylic oxidation sites excluding steroid dienone is 5. The molecule has 0 unspecified atom stereocenters. The Labute approximate surface area is 70.3 Å². The number of ketones is 1. The second-order valence-electron chi connectivity index (χ2n) is 2.18. The summed E-state index contributed by atoms with van der Waals surface area (Å²) in [6.45, 7) is 0. The Balaban J connectivity index is 2.96. The van der Waals surface area contributed by atoms with E-state index in [2.05, 4.69) is 0 Å². The van der Waals surface area contributed by atoms with E-state index in [9.17, 15) is 4.79 Å². The van der Waals surface area contributed by atoms with Crippen LogP contribution in [0, 0.1) is 11.3 Å². The van der Waals surface area contributed by atoms with Gasteiger partial charge in [0.15, 0.2) is 5.76 Å². The van der Waals surface area contributed by atoms with Gasteiger partial charge in [-0.15, -0.1) is 0 Å². The van der Waals surface area contributed by atoms with E-state index in [0.717, 1.165) is 0 Å². The van der Waals surface area contributed by atoms with Gasteiger partial charge in [-0.25, -0.2) is 0 Å². The lowest BCUT2D eigenvalue weighted by Crippen LogP contribution is -2.04. The summed E-state index contributed by atoms with van der Waals surface area (Å²) >= 11 is 0. The molecular formula is C9H7NO2. The van der Waals surface area contributed by atoms with Gasteiger partial charge in [-0.2, -0.15) is 5.26 Å². The maximum Gasteiger partial charge on any atom is 0.220 e. The summed E-state index contributed by atoms with van der Waals surface area (Å²) in [7, 11) is 1.42. The van der Waals surface area contributed by atoms with E-state index < -0.39 is 0 Å². The van der Waals surface area contributed by atoms with Gasteiger partial charge < -0.3 is 4.74 Å². The SMILES string of the molecule is COC1=C/C(=C\C#N)C=CC1=O. The molecule has 0 aromatic heterocycles. The summed E-state index contributed by atoms with van der Waals surface area (Å²) in [6, 6.07) is 1.87. The van der Waals surface area contributed by atoms with E-state index >= 15 is 0 Å². The van der Waals surface area contributed by atoms with Crippen molar-refractivity contribution in [1.82, 2.24) is 0 Å². The van der Waals surface area contributed by atoms with Crippen molar-refractivity contribution in [2.75, 3.05) is 7.11 Å². The van der Waals surface area contributed by atoms with Crippen LogP contribution in [0.15, 0.2) is 35.6 Å². The van der Waals surface area contributed by atoms with Crippen molar-refractivity contribution < 1.29 is 9.53 Å². The summed E-state index contributed by atoms with van der Waals surface area (Å²) in [5.74, 6) is 0.0894. The number of carbonyl (C=O) groups excluding carboxylic acids is 1. The second-order valence-corrected chi connectivity index (χ2v) is 2.18. The van der Waals surface area contributed by atoms with Crippen LogP contribution >= 0.6 is 0 Å². The van der Waals surface area contributed by atoms with Crippen molar-refractivity contribution in [3.8, 4) is 6.07 Å². The zero-order valence-corrected chi connectivity index (χ0v) is 6.57. The number of rotatable bonds is 1. The third-order valence-corrected chi connectivity index (χ3v) is 1.42. The highest BCUT2D eigenvalue weighted by atomic mass is 16.5. The van der Waals surface area contributed by atoms with Crippen LogP contribution in [0.1, 0.15) is 0 Å². The number of carbonyl (C=O) groups is 1. The van der Waals surface area contributed by atoms with Crippen LogP contribution in [0.5, 0.6) is 0 Å². The molecule has 0 saturated carbocycles. The molecule has 0 spiro atoms. The molecule has 0 amide bonds. The van der Waals surface area contributed by atoms with Gasteiger partial charge in [-0.3, -0.25) is 4.79 Å². The normalized spacial score (nSPS) is 18.8. The number of methoxy groups -OCH3 is 1. The Morgan fingerprint density at radius 3 is 2.92 bits per heavy atom. The molecule has 0 heterocycles. The van der Waals surface area contributed by atoms with E-state index in [1.807, 2.05) is 6.07 Å². The van der Waals surface area contributed by atoms with E-state index in [1.165, 1.54) is 25.3 Å². The van der Waals surface area contributed by atoms with Crippen molar-refractivity contribution >= 4 is 5.78 Å². The van der Waals surface area contributed by atoms with Gasteiger partial charge in [0.25, 0.3) is 0 Å². The Bertz CT molecular complexity index is 329. The Hall–Kier alpha value is -1.82. The summed E-state index contributed by atoms with van der Waals surface area (Å²) in [5.41, 5.74) is 0.675. The number of nitriles is 1. The van der Waals surface area contributed by atoms with Crippen molar-refractivity contribution in [3.63, 3.8) is 0 Å². The summed E-state index contributed by atoms with van der Waals surface area (Å²) in [6.07, 6.45) is 5.84. The molecule has 0 aliphatic heterocycles. The van der Waals surface area contributed by atoms with Gasteiger partial charge in [0.1, 0.15) is 0 Å². The topological polar surface area (TPSA) is 50.1 Å². The van der Waals surface area contributed by atoms with Crippen LogP contribution in [0.3, 0.4) is 0 Å². The third kappa shape index (κ3) is 1.61. The first-order chi connectivity index (χ1) is 5.77. The van der Waals surface area contributed by atoms with Crippen LogP contribution in [-0.2, 0) is 9.53 Å². The number of hydrogen-bond acceptors (Lipinski definition) is 3. The van der Waals surface area contributed by atoms with E-state index in [0.29, 0.717) is 5.57 Å². The fraction of sp³-hybridized carbons (Fsp3) is 0.111. The van der Waals surface area contributed by atoms with E-state index in [4.69, 9.17) is 10.00 Å². The zero-order chi connectivity index (χ0) is 8.97. The fourth-order valence-electron chi connectivity index (χ4n) is 0.848. The number of ether oxygens (including phenoxy) is 1. The Morgan fingerprint density at radius 2 is 2.33 bits per heavy atom. The van der Waals surface area contributed by atoms with Crippen LogP contribution in [0.4, 0.5) is 0 Å². The quantitative estimate of drug-likeness (QED) is 0.541. The van der Waals surface area contributed by atoms with Gasteiger partial charge in [0.2, 0.25) is 5.78 Å². The molecule has 60 valence electrons. The maximum atomic E-state index is 11.0. The minimum absolute atomic E-state index is 0.174. The van der Waals surface area contributed by atoms with Crippen LogP contribution in [-0.4, -0.2) is 12.9 Å². The first kappa shape index (κ1) is 8.28. The molecule has 1 aliphatic rings. The molecule has 0 fully saturated rings. The molecule has 0 bridgehead atoms. The van der Waals surface area contributed by atoms with Crippen LogP contribution < -0.4 is 0 Å². The van der Waals surface area contributed by atoms with Crippen molar-refractivity contribution in [3.05, 3.63) is 35.6 Å². The first-order valence-corrected chi connectivity index (χ1v) is 3.36. The van der Waals surface area contributed by atoms with Gasteiger partial charge in [-0.05, 0) is 17.7 Å². The minimum Gasteiger partial charge on any atom is -0.493 e. The van der Waals surface area contributed by atoms with Gasteiger partial charge >= 0.3 is 0 Å². The lowest BCUT2D eigenvalue weighted by atomic mass is 10.1. The smallest absolute Gasteiger partial charge is 0.220 e. The monoisotopic (exact) mass is 161 g/mol. The molecule has 3 heteroatoms. The van der Waals surface area contributed by atoms with Crippen molar-refractivity contribution in [2.45, 2.75) is 0 Å². The van der Waals surface area contributed by atoms with Gasteiger partial charge in [-0.1, -0.05) is 6.08 Å². The molecule has 0 atom stereocenters. The van der Waals surface area contributed by atoms with E-state index in [1.54, 1.807) is 6.08 Å². The molecule has 12 heavy (non-hydrogen) atoms. The predicted octanol–water partition coefficient (Wildman–Crippen LogP) is 1.11. The summed E-state index contributed by atoms with van der Waals surface area (Å²) in [5, 5.41) is 8.33. The molecule has 0 aromatic rings. The predicted molar refractivity (Wildman–Crippen MR) is 42.9 cm³/mol. The molecule has 0 saturated heterocycles. The standard InChI is InChI=1S/C9H7NO2/c1-12-9-6-7(4-5-10)2-3-8(9)11/h2-4,6H,1H3/b7-4-. The maximum absolute atomic E-state index is 11.0.